The van der Waals surface area contributed by atoms with Crippen LogP contribution in [0.3, 0.4) is 0 Å². The summed E-state index contributed by atoms with van der Waals surface area (Å²) in [4.78, 5) is 0. The van der Waals surface area contributed by atoms with Crippen LogP contribution in [-0.2, 0) is 6.54 Å². The highest BCUT2D eigenvalue weighted by atomic mass is 127. The highest BCUT2D eigenvalue weighted by Gasteiger charge is 2.01. The molecule has 2 aromatic carbocycles. The molecule has 0 aliphatic rings. The van der Waals surface area contributed by atoms with E-state index in [9.17, 15) is 0 Å². The van der Waals surface area contributed by atoms with E-state index < -0.39 is 0 Å². The number of hydrogen-bond acceptors (Lipinski definition) is 2. The number of anilines is 1. The fraction of sp³-hybridized carbons (Fsp3) is 0.133. The minimum absolute atomic E-state index is 0.713. The molecule has 0 aromatic heterocycles. The molecule has 0 atom stereocenters. The maximum Gasteiger partial charge on any atom is 0.0991 e. The van der Waals surface area contributed by atoms with Gasteiger partial charge in [-0.25, -0.2) is 0 Å². The molecule has 0 bridgehead atoms. The number of halogens is 1. The molecule has 0 aliphatic carbocycles. The predicted molar refractivity (Wildman–Crippen MR) is 82.4 cm³/mol. The fourth-order valence-corrected chi connectivity index (χ4v) is 2.34. The second-order valence-electron chi connectivity index (χ2n) is 4.09. The Morgan fingerprint density at radius 2 is 2.00 bits per heavy atom. The van der Waals surface area contributed by atoms with Crippen molar-refractivity contribution in [3.05, 3.63) is 62.7 Å². The van der Waals surface area contributed by atoms with Crippen molar-refractivity contribution in [3.63, 3.8) is 0 Å². The van der Waals surface area contributed by atoms with Crippen molar-refractivity contribution < 1.29 is 0 Å². The largest absolute Gasteiger partial charge is 0.380 e. The normalized spacial score (nSPS) is 9.83. The van der Waals surface area contributed by atoms with Crippen LogP contribution in [0, 0.1) is 21.8 Å². The van der Waals surface area contributed by atoms with E-state index in [1.807, 2.05) is 37.3 Å². The van der Waals surface area contributed by atoms with Gasteiger partial charge < -0.3 is 5.32 Å². The van der Waals surface area contributed by atoms with Gasteiger partial charge in [0.25, 0.3) is 0 Å². The summed E-state index contributed by atoms with van der Waals surface area (Å²) in [5, 5.41) is 12.2. The van der Waals surface area contributed by atoms with E-state index in [0.717, 1.165) is 17.8 Å². The SMILES string of the molecule is Cc1cc(C#N)ccc1CNc1ccccc1I. The monoisotopic (exact) mass is 348 g/mol. The smallest absolute Gasteiger partial charge is 0.0991 e. The van der Waals surface area contributed by atoms with Crippen LogP contribution in [0.5, 0.6) is 0 Å². The van der Waals surface area contributed by atoms with Crippen molar-refractivity contribution in [2.75, 3.05) is 5.32 Å². The van der Waals surface area contributed by atoms with Gasteiger partial charge in [-0.05, 0) is 64.9 Å². The molecule has 0 fully saturated rings. The molecule has 0 saturated heterocycles. The fourth-order valence-electron chi connectivity index (χ4n) is 1.76. The highest BCUT2D eigenvalue weighted by molar-refractivity contribution is 14.1. The molecular weight excluding hydrogens is 335 g/mol. The van der Waals surface area contributed by atoms with Crippen LogP contribution < -0.4 is 5.32 Å². The minimum Gasteiger partial charge on any atom is -0.380 e. The molecule has 0 amide bonds. The second kappa shape index (κ2) is 5.87. The van der Waals surface area contributed by atoms with Gasteiger partial charge in [-0.3, -0.25) is 0 Å². The predicted octanol–water partition coefficient (Wildman–Crippen LogP) is 4.08. The van der Waals surface area contributed by atoms with Crippen molar-refractivity contribution in [1.29, 1.82) is 5.26 Å². The van der Waals surface area contributed by atoms with Crippen LogP contribution >= 0.6 is 22.6 Å². The van der Waals surface area contributed by atoms with E-state index >= 15 is 0 Å². The molecule has 0 saturated carbocycles. The van der Waals surface area contributed by atoms with Crippen LogP contribution in [0.2, 0.25) is 0 Å². The van der Waals surface area contributed by atoms with E-state index in [1.54, 1.807) is 0 Å². The third-order valence-corrected chi connectivity index (χ3v) is 3.76. The van der Waals surface area contributed by atoms with Gasteiger partial charge in [0.1, 0.15) is 0 Å². The van der Waals surface area contributed by atoms with E-state index in [1.165, 1.54) is 9.13 Å². The molecular formula is C15H13IN2. The van der Waals surface area contributed by atoms with Crippen LogP contribution in [0.1, 0.15) is 16.7 Å². The minimum atomic E-state index is 0.713. The van der Waals surface area contributed by atoms with Gasteiger partial charge in [0.2, 0.25) is 0 Å². The molecule has 2 nitrogen and oxygen atoms in total. The Kier molecular flexibility index (Phi) is 4.21. The van der Waals surface area contributed by atoms with Gasteiger partial charge in [0.05, 0.1) is 11.6 Å². The Morgan fingerprint density at radius 3 is 2.67 bits per heavy atom. The van der Waals surface area contributed by atoms with Gasteiger partial charge in [-0.1, -0.05) is 18.2 Å². The van der Waals surface area contributed by atoms with Crippen molar-refractivity contribution >= 4 is 28.3 Å². The number of aryl methyl sites for hydroxylation is 1. The van der Waals surface area contributed by atoms with Gasteiger partial charge in [0, 0.05) is 15.8 Å². The molecule has 0 spiro atoms. The van der Waals surface area contributed by atoms with Crippen LogP contribution in [0.15, 0.2) is 42.5 Å². The average molecular weight is 348 g/mol. The maximum absolute atomic E-state index is 8.83. The third kappa shape index (κ3) is 3.02. The Labute approximate surface area is 121 Å². The standard InChI is InChI=1S/C15H13IN2/c1-11-8-12(9-17)6-7-13(11)10-18-15-5-3-2-4-14(15)16/h2-8,18H,10H2,1H3. The number of hydrogen-bond donors (Lipinski definition) is 1. The lowest BCUT2D eigenvalue weighted by atomic mass is 10.1. The van der Waals surface area contributed by atoms with Crippen molar-refractivity contribution in [2.24, 2.45) is 0 Å². The van der Waals surface area contributed by atoms with Gasteiger partial charge in [0.15, 0.2) is 0 Å². The molecule has 0 aliphatic heterocycles. The van der Waals surface area contributed by atoms with Crippen LogP contribution in [0.25, 0.3) is 0 Å². The zero-order chi connectivity index (χ0) is 13.0. The van der Waals surface area contributed by atoms with E-state index in [0.29, 0.717) is 5.56 Å². The molecule has 0 heterocycles. The molecule has 0 unspecified atom stereocenters. The average Bonchev–Trinajstić information content (AvgIpc) is 2.39. The first-order valence-corrected chi connectivity index (χ1v) is 6.76. The second-order valence-corrected chi connectivity index (χ2v) is 5.25. The number of nitriles is 1. The van der Waals surface area contributed by atoms with Gasteiger partial charge >= 0.3 is 0 Å². The molecule has 1 N–H and O–H groups in total. The summed E-state index contributed by atoms with van der Waals surface area (Å²) in [6.45, 7) is 2.81. The first-order valence-electron chi connectivity index (χ1n) is 5.69. The lowest BCUT2D eigenvalue weighted by molar-refractivity contribution is 1.11. The topological polar surface area (TPSA) is 35.8 Å². The van der Waals surface area contributed by atoms with E-state index in [-0.39, 0.29) is 0 Å². The van der Waals surface area contributed by atoms with Crippen LogP contribution in [0.4, 0.5) is 5.69 Å². The summed E-state index contributed by atoms with van der Waals surface area (Å²) in [7, 11) is 0. The summed E-state index contributed by atoms with van der Waals surface area (Å²) in [6, 6.07) is 16.2. The first kappa shape index (κ1) is 12.9. The first-order chi connectivity index (χ1) is 8.70. The number of rotatable bonds is 3. The lowest BCUT2D eigenvalue weighted by Crippen LogP contribution is -2.02. The van der Waals surface area contributed by atoms with Crippen molar-refractivity contribution in [2.45, 2.75) is 13.5 Å². The molecule has 2 rings (SSSR count). The quantitative estimate of drug-likeness (QED) is 0.849. The van der Waals surface area contributed by atoms with Crippen molar-refractivity contribution in [1.82, 2.24) is 0 Å². The maximum atomic E-state index is 8.83. The Bertz CT molecular complexity index is 600. The zero-order valence-corrected chi connectivity index (χ0v) is 12.2. The van der Waals surface area contributed by atoms with Crippen LogP contribution in [-0.4, -0.2) is 0 Å². The summed E-state index contributed by atoms with van der Waals surface area (Å²) in [5.41, 5.74) is 4.22. The molecule has 2 aromatic rings. The Morgan fingerprint density at radius 1 is 1.22 bits per heavy atom. The number of para-hydroxylation sites is 1. The number of nitrogens with one attached hydrogen (secondary N) is 1. The van der Waals surface area contributed by atoms with Gasteiger partial charge in [-0.15, -0.1) is 0 Å². The summed E-state index contributed by atoms with van der Waals surface area (Å²) in [5.74, 6) is 0. The zero-order valence-electron chi connectivity index (χ0n) is 10.1. The van der Waals surface area contributed by atoms with E-state index in [2.05, 4.69) is 46.1 Å². The summed E-state index contributed by atoms with van der Waals surface area (Å²) < 4.78 is 1.21. The summed E-state index contributed by atoms with van der Waals surface area (Å²) in [6.07, 6.45) is 0. The lowest BCUT2D eigenvalue weighted by Gasteiger charge is -2.10. The number of benzene rings is 2. The molecule has 3 heteroatoms. The third-order valence-electron chi connectivity index (χ3n) is 2.81. The van der Waals surface area contributed by atoms with E-state index in [4.69, 9.17) is 5.26 Å². The molecule has 18 heavy (non-hydrogen) atoms. The Hall–Kier alpha value is -1.54. The molecule has 0 radical (unpaired) electrons. The number of nitrogens with zero attached hydrogens (tertiary/aromatic N) is 1. The van der Waals surface area contributed by atoms with Crippen molar-refractivity contribution in [3.8, 4) is 6.07 Å². The van der Waals surface area contributed by atoms with Gasteiger partial charge in [-0.2, -0.15) is 5.26 Å². The summed E-state index contributed by atoms with van der Waals surface area (Å²) >= 11 is 2.32. The molecule has 90 valence electrons. The Balaban J connectivity index is 2.12. The highest BCUT2D eigenvalue weighted by Crippen LogP contribution is 2.19.